The first-order chi connectivity index (χ1) is 4.88. The van der Waals surface area contributed by atoms with Crippen molar-refractivity contribution in [1.82, 2.24) is 19.9 Å². The largest absolute Gasteiger partial charge is 0.382 e. The maximum atomic E-state index is 5.48. The van der Waals surface area contributed by atoms with E-state index in [2.05, 4.69) is 19.9 Å². The lowest BCUT2D eigenvalue weighted by Gasteiger charge is -1.89. The summed E-state index contributed by atoms with van der Waals surface area (Å²) in [5.74, 6) is 0.433. The summed E-state index contributed by atoms with van der Waals surface area (Å²) >= 11 is 0. The normalized spacial score (nSPS) is 10.4. The minimum Gasteiger partial charge on any atom is -0.382 e. The van der Waals surface area contributed by atoms with Gasteiger partial charge in [0.25, 0.3) is 0 Å². The summed E-state index contributed by atoms with van der Waals surface area (Å²) in [6.45, 7) is 0. The number of nitrogens with zero attached hydrogens (tertiary/aromatic N) is 3. The molecule has 2 aromatic heterocycles. The Bertz CT molecular complexity index is 352. The zero-order valence-electron chi connectivity index (χ0n) is 5.07. The van der Waals surface area contributed by atoms with Crippen LogP contribution in [0.4, 0.5) is 5.82 Å². The molecule has 50 valence electrons. The molecule has 2 aromatic rings. The van der Waals surface area contributed by atoms with Crippen molar-refractivity contribution in [3.05, 3.63) is 12.7 Å². The highest BCUT2D eigenvalue weighted by Crippen LogP contribution is 2.09. The van der Waals surface area contributed by atoms with E-state index in [0.717, 1.165) is 0 Å². The van der Waals surface area contributed by atoms with Gasteiger partial charge >= 0.3 is 0 Å². The summed E-state index contributed by atoms with van der Waals surface area (Å²) in [5, 5.41) is 0. The van der Waals surface area contributed by atoms with Gasteiger partial charge in [-0.1, -0.05) is 0 Å². The van der Waals surface area contributed by atoms with Crippen LogP contribution in [-0.4, -0.2) is 19.9 Å². The highest BCUT2D eigenvalue weighted by molar-refractivity contribution is 5.80. The molecule has 0 aliphatic heterocycles. The van der Waals surface area contributed by atoms with Crippen LogP contribution in [0.25, 0.3) is 11.2 Å². The van der Waals surface area contributed by atoms with E-state index in [9.17, 15) is 0 Å². The highest BCUT2D eigenvalue weighted by Gasteiger charge is 1.99. The number of rotatable bonds is 0. The molecule has 0 amide bonds. The van der Waals surface area contributed by atoms with Crippen LogP contribution in [0.1, 0.15) is 0 Å². The quantitative estimate of drug-likeness (QED) is 0.531. The molecule has 0 saturated carbocycles. The molecule has 0 saturated heterocycles. The summed E-state index contributed by atoms with van der Waals surface area (Å²) in [6, 6.07) is 0. The van der Waals surface area contributed by atoms with Crippen molar-refractivity contribution in [1.29, 1.82) is 0 Å². The zero-order valence-corrected chi connectivity index (χ0v) is 5.07. The summed E-state index contributed by atoms with van der Waals surface area (Å²) in [4.78, 5) is 14.4. The van der Waals surface area contributed by atoms with Crippen LogP contribution in [0.5, 0.6) is 0 Å². The Morgan fingerprint density at radius 3 is 3.00 bits per heavy atom. The Labute approximate surface area is 56.3 Å². The minimum absolute atomic E-state index is 0.433. The molecule has 0 aromatic carbocycles. The van der Waals surface area contributed by atoms with Crippen LogP contribution in [0.2, 0.25) is 0 Å². The number of anilines is 1. The molecule has 0 aliphatic rings. The van der Waals surface area contributed by atoms with Crippen LogP contribution >= 0.6 is 0 Å². The Morgan fingerprint density at radius 2 is 2.20 bits per heavy atom. The van der Waals surface area contributed by atoms with Gasteiger partial charge in [-0.05, 0) is 0 Å². The van der Waals surface area contributed by atoms with Gasteiger partial charge in [-0.15, -0.1) is 0 Å². The Balaban J connectivity index is 2.95. The highest BCUT2D eigenvalue weighted by atomic mass is 15.5. The molecule has 0 unspecified atom stereocenters. The second-order valence-electron chi connectivity index (χ2n) is 1.86. The third-order valence-electron chi connectivity index (χ3n) is 1.25. The van der Waals surface area contributed by atoms with Crippen molar-refractivity contribution < 1.29 is 0 Å². The van der Waals surface area contributed by atoms with Crippen LogP contribution < -0.4 is 5.73 Å². The average molecular weight is 136 g/mol. The molecule has 0 aliphatic carbocycles. The Kier molecular flexibility index (Phi) is 0.858. The molecular weight excluding hydrogens is 131 g/mol. The van der Waals surface area contributed by atoms with Gasteiger partial charge < -0.3 is 10.7 Å². The number of aromatic nitrogens is 4. The third-order valence-corrected chi connectivity index (χ3v) is 1.25. The van der Waals surface area contributed by atoms with Crippen LogP contribution in [0, 0.1) is 0 Å². The Hall–Kier alpha value is -1.65. The standard InChI is InChI=1S/C5H5N5/c6-4-3-5(9-1-7-3)10-2-8-4/h1-2H,(H3,6,7,8,9,10)/i9+1. The van der Waals surface area contributed by atoms with Gasteiger partial charge in [0.2, 0.25) is 0 Å². The molecule has 2 heterocycles. The van der Waals surface area contributed by atoms with Crippen molar-refractivity contribution in [3.63, 3.8) is 0 Å². The summed E-state index contributed by atoms with van der Waals surface area (Å²) in [5.41, 5.74) is 6.78. The van der Waals surface area contributed by atoms with Crippen molar-refractivity contribution in [2.45, 2.75) is 0 Å². The fourth-order valence-corrected chi connectivity index (χ4v) is 0.784. The van der Waals surface area contributed by atoms with E-state index in [1.165, 1.54) is 12.7 Å². The lowest BCUT2D eigenvalue weighted by atomic mass is 10.5. The minimum atomic E-state index is 0.433. The molecule has 0 fully saturated rings. The number of fused-ring (bicyclic) bond motifs is 1. The van der Waals surface area contributed by atoms with E-state index in [0.29, 0.717) is 17.0 Å². The second kappa shape index (κ2) is 1.66. The summed E-state index contributed by atoms with van der Waals surface area (Å²) in [7, 11) is 0. The fourth-order valence-electron chi connectivity index (χ4n) is 0.784. The summed E-state index contributed by atoms with van der Waals surface area (Å²) in [6.07, 6.45) is 2.92. The van der Waals surface area contributed by atoms with Gasteiger partial charge in [-0.25, -0.2) is 15.0 Å². The molecule has 0 bridgehead atoms. The number of nitrogen functional groups attached to an aromatic ring is 1. The second-order valence-corrected chi connectivity index (χ2v) is 1.86. The van der Waals surface area contributed by atoms with E-state index in [1.807, 2.05) is 0 Å². The third kappa shape index (κ3) is 0.540. The van der Waals surface area contributed by atoms with Crippen molar-refractivity contribution in [2.75, 3.05) is 5.73 Å². The maximum absolute atomic E-state index is 5.48. The number of nitrogens with one attached hydrogen (secondary N) is 1. The average Bonchev–Trinajstić information content (AvgIpc) is 2.36. The van der Waals surface area contributed by atoms with Crippen LogP contribution in [0.15, 0.2) is 12.7 Å². The van der Waals surface area contributed by atoms with Crippen molar-refractivity contribution >= 4 is 17.0 Å². The van der Waals surface area contributed by atoms with E-state index in [4.69, 9.17) is 5.73 Å². The van der Waals surface area contributed by atoms with E-state index < -0.39 is 0 Å². The lowest BCUT2D eigenvalue weighted by molar-refractivity contribution is 1.21. The predicted molar refractivity (Wildman–Crippen MR) is 36.1 cm³/mol. The van der Waals surface area contributed by atoms with Crippen LogP contribution in [-0.2, 0) is 0 Å². The van der Waals surface area contributed by atoms with E-state index in [-0.39, 0.29) is 0 Å². The first-order valence-electron chi connectivity index (χ1n) is 2.77. The van der Waals surface area contributed by atoms with Gasteiger partial charge in [0, 0.05) is 0 Å². The van der Waals surface area contributed by atoms with E-state index in [1.54, 1.807) is 0 Å². The SMILES string of the molecule is Nc1ncnc2[15n]c[nH]c12. The first-order valence-corrected chi connectivity index (χ1v) is 2.77. The maximum Gasteiger partial charge on any atom is 0.182 e. The van der Waals surface area contributed by atoms with Gasteiger partial charge in [-0.2, -0.15) is 0 Å². The molecule has 10 heavy (non-hydrogen) atoms. The smallest absolute Gasteiger partial charge is 0.182 e. The van der Waals surface area contributed by atoms with Gasteiger partial charge in [-0.3, -0.25) is 0 Å². The number of hydrogen-bond donors (Lipinski definition) is 2. The molecule has 2 rings (SSSR count). The summed E-state index contributed by atoms with van der Waals surface area (Å²) < 4.78 is 0. The number of hydrogen-bond acceptors (Lipinski definition) is 4. The van der Waals surface area contributed by atoms with E-state index >= 15 is 0 Å². The molecule has 5 nitrogen and oxygen atoms in total. The Morgan fingerprint density at radius 1 is 1.30 bits per heavy atom. The molecule has 3 N–H and O–H groups in total. The zero-order chi connectivity index (χ0) is 6.97. The molecule has 0 atom stereocenters. The molecule has 0 spiro atoms. The lowest BCUT2D eigenvalue weighted by Crippen LogP contribution is -1.91. The van der Waals surface area contributed by atoms with Crippen molar-refractivity contribution in [2.24, 2.45) is 0 Å². The number of imidazole rings is 1. The number of aromatic amines is 1. The number of nitrogens with two attached hydrogens (primary N) is 1. The van der Waals surface area contributed by atoms with Gasteiger partial charge in [0.1, 0.15) is 11.8 Å². The number of H-pyrrole nitrogens is 1. The molecule has 0 radical (unpaired) electrons. The van der Waals surface area contributed by atoms with Crippen LogP contribution in [0.3, 0.4) is 0 Å². The van der Waals surface area contributed by atoms with Gasteiger partial charge in [0.05, 0.1) is 6.33 Å². The predicted octanol–water partition coefficient (Wildman–Crippen LogP) is -0.0649. The first kappa shape index (κ1) is 5.16. The topological polar surface area (TPSA) is 80.5 Å². The van der Waals surface area contributed by atoms with Gasteiger partial charge in [0.15, 0.2) is 11.5 Å². The molecular formula is C5H5N5. The fraction of sp³-hybridized carbons (Fsp3) is 0. The molecule has 5 heteroatoms. The van der Waals surface area contributed by atoms with Crippen molar-refractivity contribution in [3.8, 4) is 0 Å². The monoisotopic (exact) mass is 136 g/mol.